The second kappa shape index (κ2) is 6.45. The highest BCUT2D eigenvalue weighted by molar-refractivity contribution is 4.87. The summed E-state index contributed by atoms with van der Waals surface area (Å²) in [5, 5.41) is 0. The molecule has 0 amide bonds. The lowest BCUT2D eigenvalue weighted by Crippen LogP contribution is -1.96. The first kappa shape index (κ1) is 4.69. The molecule has 0 nitrogen and oxygen atoms in total. The van der Waals surface area contributed by atoms with E-state index in [0.29, 0.717) is 12.3 Å². The van der Waals surface area contributed by atoms with Crippen molar-refractivity contribution in [3.8, 4) is 0 Å². The Hall–Kier alpha value is -0.260. The summed E-state index contributed by atoms with van der Waals surface area (Å²) < 4.78 is 37.7. The lowest BCUT2D eigenvalue weighted by molar-refractivity contribution is 0.441. The van der Waals surface area contributed by atoms with Gasteiger partial charge in [0.2, 0.25) is 0 Å². The van der Waals surface area contributed by atoms with Crippen LogP contribution in [-0.4, -0.2) is 0 Å². The lowest BCUT2D eigenvalue weighted by atomic mass is 9.96. The van der Waals surface area contributed by atoms with Crippen LogP contribution in [0.5, 0.6) is 0 Å². The minimum Gasteiger partial charge on any atom is -0.100 e. The molecular formula is C11H22. The van der Waals surface area contributed by atoms with Crippen molar-refractivity contribution in [2.75, 3.05) is 0 Å². The van der Waals surface area contributed by atoms with E-state index >= 15 is 0 Å². The number of rotatable bonds is 6. The van der Waals surface area contributed by atoms with Gasteiger partial charge in [-0.2, -0.15) is 0 Å². The third kappa shape index (κ3) is 6.15. The van der Waals surface area contributed by atoms with Crippen LogP contribution in [0.1, 0.15) is 59.7 Å². The van der Waals surface area contributed by atoms with Crippen LogP contribution < -0.4 is 0 Å². The normalized spacial score (nSPS) is 20.9. The largest absolute Gasteiger partial charge is 0.100 e. The van der Waals surface area contributed by atoms with Crippen molar-refractivity contribution >= 4 is 0 Å². The first-order valence-electron chi connectivity index (χ1n) is 6.91. The van der Waals surface area contributed by atoms with E-state index in [-0.39, 0.29) is 5.57 Å². The second-order valence-electron chi connectivity index (χ2n) is 2.89. The predicted molar refractivity (Wildman–Crippen MR) is 52.7 cm³/mol. The molecule has 0 aliphatic heterocycles. The molecule has 0 unspecified atom stereocenters. The Labute approximate surface area is 78.7 Å². The summed E-state index contributed by atoms with van der Waals surface area (Å²) in [6, 6.07) is 0. The van der Waals surface area contributed by atoms with Crippen LogP contribution in [0.2, 0.25) is 0 Å². The smallest absolute Gasteiger partial charge is 0.0537 e. The molecule has 0 aromatic rings. The van der Waals surface area contributed by atoms with Crippen LogP contribution in [0.15, 0.2) is 12.1 Å². The van der Waals surface area contributed by atoms with Gasteiger partial charge in [0.05, 0.1) is 2.74 Å². The lowest BCUT2D eigenvalue weighted by Gasteiger charge is -2.10. The zero-order valence-corrected chi connectivity index (χ0v) is 7.78. The average Bonchev–Trinajstić information content (AvgIpc) is 2.23. The topological polar surface area (TPSA) is 0 Å². The van der Waals surface area contributed by atoms with Crippen molar-refractivity contribution in [2.24, 2.45) is 5.92 Å². The molecule has 0 rings (SSSR count). The molecule has 0 radical (unpaired) electrons. The molecule has 66 valence electrons. The monoisotopic (exact) mass is 159 g/mol. The van der Waals surface area contributed by atoms with Crippen LogP contribution in [0.3, 0.4) is 0 Å². The van der Waals surface area contributed by atoms with E-state index in [4.69, 9.17) is 6.85 Å². The van der Waals surface area contributed by atoms with Crippen LogP contribution in [0, 0.1) is 5.92 Å². The van der Waals surface area contributed by atoms with Gasteiger partial charge in [-0.15, -0.1) is 6.53 Å². The Balaban J connectivity index is 4.70. The summed E-state index contributed by atoms with van der Waals surface area (Å²) in [6.07, 6.45) is -0.367. The molecule has 0 heterocycles. The summed E-state index contributed by atoms with van der Waals surface area (Å²) in [6.45, 7) is 5.01. The van der Waals surface area contributed by atoms with E-state index in [9.17, 15) is 0 Å². The number of allylic oxidation sites excluding steroid dienone is 1. The van der Waals surface area contributed by atoms with Gasteiger partial charge in [-0.3, -0.25) is 0 Å². The van der Waals surface area contributed by atoms with Crippen molar-refractivity contribution in [3.63, 3.8) is 0 Å². The number of hydrogen-bond acceptors (Lipinski definition) is 0. The molecule has 1 atom stereocenters. The molecule has 0 fully saturated rings. The van der Waals surface area contributed by atoms with Gasteiger partial charge in [0.15, 0.2) is 0 Å². The summed E-state index contributed by atoms with van der Waals surface area (Å²) in [7, 11) is 0. The summed E-state index contributed by atoms with van der Waals surface area (Å²) in [5.74, 6) is 0.352. The zero-order valence-electron chi connectivity index (χ0n) is 12.8. The Morgan fingerprint density at radius 2 is 2.18 bits per heavy atom. The fourth-order valence-electron chi connectivity index (χ4n) is 1.00. The summed E-state index contributed by atoms with van der Waals surface area (Å²) >= 11 is 0. The van der Waals surface area contributed by atoms with Gasteiger partial charge in [-0.25, -0.2) is 0 Å². The first-order valence-corrected chi connectivity index (χ1v) is 4.34. The molecule has 0 aliphatic rings. The molecule has 0 heteroatoms. The molecule has 0 aliphatic carbocycles. The van der Waals surface area contributed by atoms with Crippen LogP contribution in [0.25, 0.3) is 0 Å². The molecule has 0 saturated heterocycles. The van der Waals surface area contributed by atoms with Crippen LogP contribution >= 0.6 is 0 Å². The third-order valence-electron chi connectivity index (χ3n) is 1.92. The van der Waals surface area contributed by atoms with Crippen molar-refractivity contribution in [1.29, 1.82) is 0 Å². The molecule has 0 aromatic carbocycles. The van der Waals surface area contributed by atoms with E-state index < -0.39 is 19.3 Å². The Kier molecular flexibility index (Phi) is 2.75. The molecule has 0 spiro atoms. The molecular weight excluding hydrogens is 132 g/mol. The van der Waals surface area contributed by atoms with Gasteiger partial charge in [0.25, 0.3) is 0 Å². The Morgan fingerprint density at radius 1 is 1.55 bits per heavy atom. The first-order chi connectivity index (χ1) is 7.27. The van der Waals surface area contributed by atoms with Crippen LogP contribution in [-0.2, 0) is 0 Å². The molecule has 0 aromatic heterocycles. The highest BCUT2D eigenvalue weighted by atomic mass is 14.1. The van der Waals surface area contributed by atoms with Crippen molar-refractivity contribution in [2.45, 2.75) is 52.8 Å². The summed E-state index contributed by atoms with van der Waals surface area (Å²) in [5.41, 5.74) is 0.0541. The fourth-order valence-corrected chi connectivity index (χ4v) is 1.00. The highest BCUT2D eigenvalue weighted by Crippen LogP contribution is 2.17. The highest BCUT2D eigenvalue weighted by Gasteiger charge is 2.01. The SMILES string of the molecule is [2H]C([2H])=C(C)C([2H])([2H])[C@@H]([2H])CC(CC)CC. The van der Waals surface area contributed by atoms with Gasteiger partial charge in [0.1, 0.15) is 0 Å². The molecule has 0 N–H and O–H groups in total. The van der Waals surface area contributed by atoms with Gasteiger partial charge in [-0.05, 0) is 25.6 Å². The van der Waals surface area contributed by atoms with Gasteiger partial charge < -0.3 is 0 Å². The maximum Gasteiger partial charge on any atom is 0.0537 e. The van der Waals surface area contributed by atoms with E-state index in [1.807, 2.05) is 13.8 Å². The van der Waals surface area contributed by atoms with Gasteiger partial charge in [-0.1, -0.05) is 38.7 Å². The van der Waals surface area contributed by atoms with Crippen LogP contribution in [0.4, 0.5) is 0 Å². The maximum absolute atomic E-state index is 7.86. The van der Waals surface area contributed by atoms with E-state index in [1.54, 1.807) is 0 Å². The quantitative estimate of drug-likeness (QED) is 0.510. The summed E-state index contributed by atoms with van der Waals surface area (Å²) in [4.78, 5) is 0. The Bertz CT molecular complexity index is 239. The fraction of sp³-hybridized carbons (Fsp3) is 0.818. The van der Waals surface area contributed by atoms with E-state index in [0.717, 1.165) is 12.8 Å². The number of hydrogen-bond donors (Lipinski definition) is 0. The van der Waals surface area contributed by atoms with E-state index in [2.05, 4.69) is 0 Å². The molecule has 0 saturated carbocycles. The van der Waals surface area contributed by atoms with E-state index in [1.165, 1.54) is 6.92 Å². The predicted octanol–water partition coefficient (Wildman–Crippen LogP) is 4.17. The minimum atomic E-state index is -1.86. The van der Waals surface area contributed by atoms with Gasteiger partial charge in [0, 0.05) is 4.11 Å². The average molecular weight is 159 g/mol. The third-order valence-corrected chi connectivity index (χ3v) is 1.92. The Morgan fingerprint density at radius 3 is 2.64 bits per heavy atom. The van der Waals surface area contributed by atoms with Crippen molar-refractivity contribution in [1.82, 2.24) is 0 Å². The van der Waals surface area contributed by atoms with Crippen molar-refractivity contribution in [3.05, 3.63) is 12.1 Å². The van der Waals surface area contributed by atoms with Crippen molar-refractivity contribution < 1.29 is 6.85 Å². The second-order valence-corrected chi connectivity index (χ2v) is 2.89. The maximum atomic E-state index is 7.86. The standard InChI is InChI=1S/C11H22/c1-5-11(6-2)9-7-8-10(3)4/h11H,3,5-9H2,1-2,4H3/i3D2,7D,8D2/t7-/m1/s1. The zero-order chi connectivity index (χ0) is 12.9. The minimum absolute atomic E-state index is 0.0541. The van der Waals surface area contributed by atoms with Gasteiger partial charge >= 0.3 is 0 Å². The molecule has 0 bridgehead atoms. The molecule has 11 heavy (non-hydrogen) atoms.